The maximum Gasteiger partial charge on any atom is 0.191 e. The monoisotopic (exact) mass is 522 g/mol. The number of nitrogens with zero attached hydrogens (tertiary/aromatic N) is 2. The summed E-state index contributed by atoms with van der Waals surface area (Å²) in [5.41, 5.74) is 5.33. The Balaban J connectivity index is 0.00000320. The molecular formula is C24H35IN4O. The highest BCUT2D eigenvalue weighted by Gasteiger charge is 2.13. The number of hydrogen-bond acceptors (Lipinski definition) is 3. The quantitative estimate of drug-likeness (QED) is 0.329. The van der Waals surface area contributed by atoms with Crippen molar-refractivity contribution in [2.24, 2.45) is 4.99 Å². The van der Waals surface area contributed by atoms with Gasteiger partial charge in [-0.2, -0.15) is 0 Å². The SMILES string of the molecule is CN=C(NCc1ccccc1CN1CCOCC1)NCC(C)c1cccc(C)c1.I. The molecule has 2 aromatic carbocycles. The van der Waals surface area contributed by atoms with Crippen LogP contribution in [-0.2, 0) is 17.8 Å². The van der Waals surface area contributed by atoms with Crippen LogP contribution in [0.15, 0.2) is 53.5 Å². The third-order valence-electron chi connectivity index (χ3n) is 5.47. The summed E-state index contributed by atoms with van der Waals surface area (Å²) in [7, 11) is 1.83. The van der Waals surface area contributed by atoms with Crippen LogP contribution in [0.5, 0.6) is 0 Å². The van der Waals surface area contributed by atoms with Crippen LogP contribution in [0.1, 0.15) is 35.1 Å². The molecule has 1 saturated heterocycles. The summed E-state index contributed by atoms with van der Waals surface area (Å²) >= 11 is 0. The lowest BCUT2D eigenvalue weighted by atomic mass is 9.99. The first-order valence-electron chi connectivity index (χ1n) is 10.5. The second-order valence-corrected chi connectivity index (χ2v) is 7.78. The zero-order chi connectivity index (χ0) is 20.5. The van der Waals surface area contributed by atoms with E-state index in [0.29, 0.717) is 5.92 Å². The van der Waals surface area contributed by atoms with E-state index >= 15 is 0 Å². The Labute approximate surface area is 198 Å². The Bertz CT molecular complexity index is 805. The van der Waals surface area contributed by atoms with Gasteiger partial charge in [0.1, 0.15) is 0 Å². The number of rotatable bonds is 7. The van der Waals surface area contributed by atoms with Gasteiger partial charge in [-0.05, 0) is 29.5 Å². The van der Waals surface area contributed by atoms with Crippen molar-refractivity contribution in [3.05, 3.63) is 70.8 Å². The van der Waals surface area contributed by atoms with E-state index in [0.717, 1.165) is 51.9 Å². The molecule has 164 valence electrons. The van der Waals surface area contributed by atoms with E-state index in [9.17, 15) is 0 Å². The summed E-state index contributed by atoms with van der Waals surface area (Å²) in [6, 6.07) is 17.4. The van der Waals surface area contributed by atoms with Crippen LogP contribution in [0.4, 0.5) is 0 Å². The van der Waals surface area contributed by atoms with E-state index in [2.05, 4.69) is 82.9 Å². The average molecular weight is 522 g/mol. The number of morpholine rings is 1. The van der Waals surface area contributed by atoms with Gasteiger partial charge >= 0.3 is 0 Å². The van der Waals surface area contributed by atoms with Crippen molar-refractivity contribution in [2.75, 3.05) is 39.9 Å². The van der Waals surface area contributed by atoms with Crippen LogP contribution >= 0.6 is 24.0 Å². The summed E-state index contributed by atoms with van der Waals surface area (Å²) in [6.07, 6.45) is 0. The fourth-order valence-corrected chi connectivity index (χ4v) is 3.63. The van der Waals surface area contributed by atoms with Gasteiger partial charge in [-0.1, -0.05) is 61.0 Å². The number of aryl methyl sites for hydroxylation is 1. The second kappa shape index (κ2) is 12.9. The molecule has 1 aliphatic heterocycles. The predicted molar refractivity (Wildman–Crippen MR) is 136 cm³/mol. The lowest BCUT2D eigenvalue weighted by Gasteiger charge is -2.27. The van der Waals surface area contributed by atoms with Crippen LogP contribution in [0, 0.1) is 6.92 Å². The van der Waals surface area contributed by atoms with Crippen LogP contribution in [0.25, 0.3) is 0 Å². The zero-order valence-corrected chi connectivity index (χ0v) is 20.7. The van der Waals surface area contributed by atoms with Gasteiger partial charge in [0, 0.05) is 39.8 Å². The molecule has 0 saturated carbocycles. The fourth-order valence-electron chi connectivity index (χ4n) is 3.63. The molecule has 1 heterocycles. The first-order valence-corrected chi connectivity index (χ1v) is 10.5. The molecule has 0 bridgehead atoms. The Morgan fingerprint density at radius 1 is 1.07 bits per heavy atom. The van der Waals surface area contributed by atoms with Crippen molar-refractivity contribution in [1.29, 1.82) is 0 Å². The van der Waals surface area contributed by atoms with Gasteiger partial charge in [-0.15, -0.1) is 24.0 Å². The van der Waals surface area contributed by atoms with Crippen molar-refractivity contribution in [1.82, 2.24) is 15.5 Å². The van der Waals surface area contributed by atoms with Gasteiger partial charge in [0.2, 0.25) is 0 Å². The van der Waals surface area contributed by atoms with Crippen molar-refractivity contribution in [3.63, 3.8) is 0 Å². The number of guanidine groups is 1. The van der Waals surface area contributed by atoms with Gasteiger partial charge in [0.05, 0.1) is 13.2 Å². The van der Waals surface area contributed by atoms with Crippen LogP contribution < -0.4 is 10.6 Å². The van der Waals surface area contributed by atoms with Gasteiger partial charge in [0.25, 0.3) is 0 Å². The molecule has 1 fully saturated rings. The van der Waals surface area contributed by atoms with Gasteiger partial charge in [0.15, 0.2) is 5.96 Å². The molecule has 1 unspecified atom stereocenters. The fraction of sp³-hybridized carbons (Fsp3) is 0.458. The Morgan fingerprint density at radius 3 is 2.50 bits per heavy atom. The van der Waals surface area contributed by atoms with E-state index in [4.69, 9.17) is 4.74 Å². The van der Waals surface area contributed by atoms with E-state index in [-0.39, 0.29) is 24.0 Å². The minimum atomic E-state index is 0. The average Bonchev–Trinajstić information content (AvgIpc) is 2.75. The highest BCUT2D eigenvalue weighted by molar-refractivity contribution is 14.0. The van der Waals surface area contributed by atoms with Crippen LogP contribution in [0.3, 0.4) is 0 Å². The summed E-state index contributed by atoms with van der Waals surface area (Å²) < 4.78 is 5.47. The highest BCUT2D eigenvalue weighted by atomic mass is 127. The molecule has 1 atom stereocenters. The maximum absolute atomic E-state index is 5.47. The van der Waals surface area contributed by atoms with Gasteiger partial charge < -0.3 is 15.4 Å². The highest BCUT2D eigenvalue weighted by Crippen LogP contribution is 2.16. The van der Waals surface area contributed by atoms with Crippen molar-refractivity contribution in [3.8, 4) is 0 Å². The summed E-state index contributed by atoms with van der Waals surface area (Å²) in [5.74, 6) is 1.26. The number of benzene rings is 2. The normalized spacial score (nSPS) is 15.9. The molecule has 2 N–H and O–H groups in total. The van der Waals surface area contributed by atoms with E-state index in [1.807, 2.05) is 7.05 Å². The molecule has 0 radical (unpaired) electrons. The molecule has 0 aromatic heterocycles. The molecule has 0 aliphatic carbocycles. The first-order chi connectivity index (χ1) is 14.2. The molecular weight excluding hydrogens is 487 g/mol. The number of halogens is 1. The van der Waals surface area contributed by atoms with Crippen LogP contribution in [0.2, 0.25) is 0 Å². The third-order valence-corrected chi connectivity index (χ3v) is 5.47. The largest absolute Gasteiger partial charge is 0.379 e. The summed E-state index contributed by atoms with van der Waals surface area (Å²) in [5, 5.41) is 6.95. The standard InChI is InChI=1S/C24H34N4O.HI/c1-19-7-6-10-21(15-19)20(2)16-26-24(25-3)27-17-22-8-4-5-9-23(22)18-28-11-13-29-14-12-28;/h4-10,15,20H,11-14,16-18H2,1-3H3,(H2,25,26,27);1H. The molecule has 3 rings (SSSR count). The lowest BCUT2D eigenvalue weighted by Crippen LogP contribution is -2.39. The Hall–Kier alpha value is -1.64. The molecule has 0 spiro atoms. The van der Waals surface area contributed by atoms with Crippen LogP contribution in [-0.4, -0.2) is 50.8 Å². The maximum atomic E-state index is 5.47. The minimum Gasteiger partial charge on any atom is -0.379 e. The number of aliphatic imine (C=N–C) groups is 1. The smallest absolute Gasteiger partial charge is 0.191 e. The number of hydrogen-bond donors (Lipinski definition) is 2. The Kier molecular flexibility index (Phi) is 10.6. The number of nitrogens with one attached hydrogen (secondary N) is 2. The van der Waals surface area contributed by atoms with Gasteiger partial charge in [-0.3, -0.25) is 9.89 Å². The summed E-state index contributed by atoms with van der Waals surface area (Å²) in [4.78, 5) is 6.86. The predicted octanol–water partition coefficient (Wildman–Crippen LogP) is 3.91. The van der Waals surface area contributed by atoms with E-state index in [1.54, 1.807) is 0 Å². The third kappa shape index (κ3) is 7.56. The Morgan fingerprint density at radius 2 is 1.80 bits per heavy atom. The molecule has 5 nitrogen and oxygen atoms in total. The molecule has 1 aliphatic rings. The van der Waals surface area contributed by atoms with Crippen molar-refractivity contribution < 1.29 is 4.74 Å². The molecule has 2 aromatic rings. The van der Waals surface area contributed by atoms with Crippen molar-refractivity contribution in [2.45, 2.75) is 32.9 Å². The molecule has 6 heteroatoms. The first kappa shape index (κ1) is 24.6. The number of ether oxygens (including phenoxy) is 1. The zero-order valence-electron chi connectivity index (χ0n) is 18.4. The topological polar surface area (TPSA) is 48.9 Å². The van der Waals surface area contributed by atoms with Crippen molar-refractivity contribution >= 4 is 29.9 Å². The second-order valence-electron chi connectivity index (χ2n) is 7.78. The summed E-state index contributed by atoms with van der Waals surface area (Å²) in [6.45, 7) is 10.6. The van der Waals surface area contributed by atoms with E-state index in [1.165, 1.54) is 22.3 Å². The minimum absolute atomic E-state index is 0. The lowest BCUT2D eigenvalue weighted by molar-refractivity contribution is 0.0341. The van der Waals surface area contributed by atoms with Gasteiger partial charge in [-0.25, -0.2) is 0 Å². The molecule has 0 amide bonds. The van der Waals surface area contributed by atoms with E-state index < -0.39 is 0 Å². The molecule has 30 heavy (non-hydrogen) atoms.